The van der Waals surface area contributed by atoms with Crippen molar-refractivity contribution < 1.29 is 26.2 Å². The number of likely N-dealkylation sites (N-methyl/N-ethyl adjacent to an activating group) is 1. The molecule has 0 saturated carbocycles. The summed E-state index contributed by atoms with van der Waals surface area (Å²) in [6, 6.07) is 10.8. The number of nitrogens with zero attached hydrogens (tertiary/aromatic N) is 3. The number of unbranched alkanes of at least 4 members (excludes halogenated alkanes) is 3. The summed E-state index contributed by atoms with van der Waals surface area (Å²) in [5.74, 6) is 0.728. The van der Waals surface area contributed by atoms with Crippen molar-refractivity contribution in [2.24, 2.45) is 0 Å². The van der Waals surface area contributed by atoms with Crippen LogP contribution in [0, 0.1) is 0 Å². The van der Waals surface area contributed by atoms with Crippen LogP contribution in [-0.2, 0) is 6.54 Å². The van der Waals surface area contributed by atoms with Gasteiger partial charge in [0.05, 0.1) is 31.9 Å². The van der Waals surface area contributed by atoms with Gasteiger partial charge in [-0.3, -0.25) is 0 Å². The molecule has 0 fully saturated rings. The van der Waals surface area contributed by atoms with Gasteiger partial charge in [0.15, 0.2) is 0 Å². The van der Waals surface area contributed by atoms with E-state index < -0.39 is 0 Å². The molecule has 6 heteroatoms. The third-order valence-corrected chi connectivity index (χ3v) is 5.53. The molecule has 2 heterocycles. The highest BCUT2D eigenvalue weighted by molar-refractivity contribution is 6.99. The lowest BCUT2D eigenvalue weighted by atomic mass is 10.0. The molecule has 0 spiro atoms. The molecule has 1 aliphatic heterocycles. The maximum Gasteiger partial charge on any atom is 0.253 e. The van der Waals surface area contributed by atoms with Crippen molar-refractivity contribution in [1.82, 2.24) is 8.75 Å². The van der Waals surface area contributed by atoms with Crippen LogP contribution in [0.2, 0.25) is 0 Å². The Morgan fingerprint density at radius 1 is 1.11 bits per heavy atom. The van der Waals surface area contributed by atoms with Gasteiger partial charge in [-0.05, 0) is 6.42 Å². The third kappa shape index (κ3) is 6.40. The van der Waals surface area contributed by atoms with Crippen molar-refractivity contribution in [1.29, 1.82) is 0 Å². The molecule has 0 N–H and O–H groups in total. The topological polar surface area (TPSA) is 35.0 Å². The van der Waals surface area contributed by atoms with Gasteiger partial charge in [0.1, 0.15) is 18.8 Å². The highest BCUT2D eigenvalue weighted by Crippen LogP contribution is 2.31. The van der Waals surface area contributed by atoms with E-state index in [9.17, 15) is 0 Å². The van der Waals surface area contributed by atoms with E-state index >= 15 is 0 Å². The van der Waals surface area contributed by atoms with Crippen LogP contribution in [-0.4, -0.2) is 40.0 Å². The number of hydrogen-bond acceptors (Lipinski definition) is 4. The Kier molecular flexibility index (Phi) is 8.93. The Hall–Kier alpha value is -1.24. The zero-order chi connectivity index (χ0) is 18.2. The molecule has 1 unspecified atom stereocenters. The molecule has 0 radical (unpaired) electrons. The summed E-state index contributed by atoms with van der Waals surface area (Å²) in [4.78, 5) is 0. The Labute approximate surface area is 177 Å². The maximum absolute atomic E-state index is 5.95. The molecule has 2 aromatic rings. The summed E-state index contributed by atoms with van der Waals surface area (Å²) in [5, 5.41) is 0. The second-order valence-corrected chi connectivity index (χ2v) is 8.02. The molecular weight excluding hydrogens is 422 g/mol. The minimum Gasteiger partial charge on any atom is -1.00 e. The maximum atomic E-state index is 5.95. The van der Waals surface area contributed by atoms with Crippen LogP contribution < -0.4 is 21.7 Å². The number of quaternary nitrogens is 1. The third-order valence-electron chi connectivity index (χ3n) is 5.02. The van der Waals surface area contributed by atoms with Gasteiger partial charge < -0.3 is 26.2 Å². The van der Waals surface area contributed by atoms with Gasteiger partial charge in [-0.1, -0.05) is 62.6 Å². The van der Waals surface area contributed by atoms with Crippen LogP contribution in [0.5, 0.6) is 5.88 Å². The quantitative estimate of drug-likeness (QED) is 0.431. The minimum atomic E-state index is 0. The molecule has 0 bridgehead atoms. The molecule has 1 atom stereocenters. The van der Waals surface area contributed by atoms with Gasteiger partial charge in [-0.2, -0.15) is 4.37 Å². The average Bonchev–Trinajstić information content (AvgIpc) is 3.11. The monoisotopic (exact) mass is 451 g/mol. The van der Waals surface area contributed by atoms with E-state index in [1.807, 2.05) is 0 Å². The molecule has 3 rings (SSSR count). The van der Waals surface area contributed by atoms with Gasteiger partial charge in [-0.25, -0.2) is 0 Å². The van der Waals surface area contributed by atoms with Crippen molar-refractivity contribution in [3.8, 4) is 5.88 Å². The summed E-state index contributed by atoms with van der Waals surface area (Å²) in [6.07, 6.45) is 8.22. The Bertz CT molecular complexity index is 719. The molecular formula is C21H30BrN3OS. The first kappa shape index (κ1) is 22.1. The summed E-state index contributed by atoms with van der Waals surface area (Å²) in [6.45, 7) is 6.14. The van der Waals surface area contributed by atoms with E-state index in [2.05, 4.69) is 59.1 Å². The highest BCUT2D eigenvalue weighted by atomic mass is 79.9. The second kappa shape index (κ2) is 10.9. The fourth-order valence-corrected chi connectivity index (χ4v) is 4.14. The molecule has 0 saturated heterocycles. The highest BCUT2D eigenvalue weighted by Gasteiger charge is 2.30. The van der Waals surface area contributed by atoms with E-state index in [1.165, 1.54) is 42.1 Å². The zero-order valence-electron chi connectivity index (χ0n) is 16.4. The van der Waals surface area contributed by atoms with Gasteiger partial charge >= 0.3 is 0 Å². The number of hydrogen-bond donors (Lipinski definition) is 0. The van der Waals surface area contributed by atoms with Crippen molar-refractivity contribution in [2.75, 3.05) is 26.7 Å². The summed E-state index contributed by atoms with van der Waals surface area (Å²) >= 11 is 1.26. The fraction of sp³-hybridized carbons (Fsp3) is 0.524. The van der Waals surface area contributed by atoms with Gasteiger partial charge in [0.2, 0.25) is 0 Å². The van der Waals surface area contributed by atoms with Crippen molar-refractivity contribution in [3.63, 3.8) is 0 Å². The molecule has 0 amide bonds. The number of rotatable bonds is 9. The summed E-state index contributed by atoms with van der Waals surface area (Å²) in [5.41, 5.74) is 3.63. The first-order valence-corrected chi connectivity index (χ1v) is 10.5. The average molecular weight is 452 g/mol. The predicted molar refractivity (Wildman–Crippen MR) is 108 cm³/mol. The predicted octanol–water partition coefficient (Wildman–Crippen LogP) is 1.94. The molecule has 1 aromatic heterocycles. The standard InChI is InChI=1S/C21H30N3OS.BrH/c1-3-4-5-9-15-25-21-20(22-26-23-21)19-13-10-14-24(2,17-19)16-18-11-7-6-8-12-18;/h6-8,11-13H,3-5,9-10,14-17H2,1-2H3;1H/q+1;/p-1. The SMILES string of the molecule is CCCCCCOc1nsnc1C1=CCC[N+](C)(Cc2ccccc2)C1.[Br-]. The van der Waals surface area contributed by atoms with Crippen LogP contribution in [0.25, 0.3) is 5.57 Å². The molecule has 1 aromatic carbocycles. The summed E-state index contributed by atoms with van der Waals surface area (Å²) in [7, 11) is 2.34. The van der Waals surface area contributed by atoms with Gasteiger partial charge in [0.25, 0.3) is 5.88 Å². The summed E-state index contributed by atoms with van der Waals surface area (Å²) < 4.78 is 15.9. The Morgan fingerprint density at radius 3 is 2.70 bits per heavy atom. The zero-order valence-corrected chi connectivity index (χ0v) is 18.8. The van der Waals surface area contributed by atoms with Crippen LogP contribution in [0.1, 0.15) is 50.3 Å². The Morgan fingerprint density at radius 2 is 1.93 bits per heavy atom. The molecule has 1 aliphatic rings. The van der Waals surface area contributed by atoms with Gasteiger partial charge in [-0.15, -0.1) is 4.37 Å². The first-order chi connectivity index (χ1) is 12.7. The van der Waals surface area contributed by atoms with Crippen LogP contribution >= 0.6 is 11.7 Å². The lowest BCUT2D eigenvalue weighted by molar-refractivity contribution is -0.916. The molecule has 0 aliphatic carbocycles. The first-order valence-electron chi connectivity index (χ1n) is 9.72. The van der Waals surface area contributed by atoms with E-state index in [0.717, 1.165) is 55.1 Å². The molecule has 4 nitrogen and oxygen atoms in total. The van der Waals surface area contributed by atoms with E-state index in [-0.39, 0.29) is 17.0 Å². The fourth-order valence-electron chi connectivity index (χ4n) is 3.60. The van der Waals surface area contributed by atoms with Crippen molar-refractivity contribution in [2.45, 2.75) is 45.6 Å². The normalized spacial score (nSPS) is 19.3. The number of halogens is 1. The molecule has 148 valence electrons. The minimum absolute atomic E-state index is 0. The van der Waals surface area contributed by atoms with E-state index in [0.29, 0.717) is 0 Å². The van der Waals surface area contributed by atoms with Crippen molar-refractivity contribution >= 4 is 17.3 Å². The second-order valence-electron chi connectivity index (χ2n) is 7.49. The Balaban J connectivity index is 0.00000261. The smallest absolute Gasteiger partial charge is 0.253 e. The van der Waals surface area contributed by atoms with Crippen LogP contribution in [0.3, 0.4) is 0 Å². The van der Waals surface area contributed by atoms with Gasteiger partial charge in [0, 0.05) is 17.6 Å². The lowest BCUT2D eigenvalue weighted by Crippen LogP contribution is -3.00. The van der Waals surface area contributed by atoms with Crippen molar-refractivity contribution in [3.05, 3.63) is 47.7 Å². The number of ether oxygens (including phenoxy) is 1. The van der Waals surface area contributed by atoms with E-state index in [1.54, 1.807) is 0 Å². The number of benzene rings is 1. The largest absolute Gasteiger partial charge is 1.00 e. The van der Waals surface area contributed by atoms with E-state index in [4.69, 9.17) is 4.74 Å². The number of aromatic nitrogens is 2. The lowest BCUT2D eigenvalue weighted by Gasteiger charge is -2.37. The molecule has 27 heavy (non-hydrogen) atoms. The van der Waals surface area contributed by atoms with Crippen LogP contribution in [0.15, 0.2) is 36.4 Å². The van der Waals surface area contributed by atoms with Crippen LogP contribution in [0.4, 0.5) is 0 Å².